The third kappa shape index (κ3) is 2.08. The molecule has 0 spiro atoms. The Morgan fingerprint density at radius 2 is 2.38 bits per heavy atom. The van der Waals surface area contributed by atoms with Gasteiger partial charge in [-0.25, -0.2) is 0 Å². The lowest BCUT2D eigenvalue weighted by Gasteiger charge is -2.29. The van der Waals surface area contributed by atoms with Crippen molar-refractivity contribution in [1.29, 1.82) is 0 Å². The van der Waals surface area contributed by atoms with E-state index in [4.69, 9.17) is 14.2 Å². The molecule has 1 rings (SSSR count). The zero-order chi connectivity index (χ0) is 9.73. The first-order valence-corrected chi connectivity index (χ1v) is 4.08. The van der Waals surface area contributed by atoms with Crippen LogP contribution in [0.3, 0.4) is 0 Å². The summed E-state index contributed by atoms with van der Waals surface area (Å²) in [7, 11) is 2.91. The minimum absolute atomic E-state index is 0.288. The van der Waals surface area contributed by atoms with Crippen molar-refractivity contribution in [2.75, 3.05) is 34.0 Å². The van der Waals surface area contributed by atoms with E-state index in [0.717, 1.165) is 0 Å². The summed E-state index contributed by atoms with van der Waals surface area (Å²) in [5.41, 5.74) is -0.748. The molecule has 4 heteroatoms. The predicted molar refractivity (Wildman–Crippen MR) is 46.3 cm³/mol. The molecule has 0 aromatic rings. The molecule has 0 saturated carbocycles. The van der Waals surface area contributed by atoms with E-state index in [1.807, 2.05) is 0 Å². The zero-order valence-electron chi connectivity index (χ0n) is 7.91. The van der Waals surface area contributed by atoms with Crippen molar-refractivity contribution in [3.63, 3.8) is 0 Å². The Kier molecular flexibility index (Phi) is 3.45. The Morgan fingerprint density at radius 1 is 1.62 bits per heavy atom. The fraction of sp³-hybridized carbons (Fsp3) is 0.667. The van der Waals surface area contributed by atoms with Crippen LogP contribution in [0.15, 0.2) is 12.2 Å². The van der Waals surface area contributed by atoms with Crippen LogP contribution in [0.2, 0.25) is 0 Å². The molecule has 0 saturated heterocycles. The molecule has 0 bridgehead atoms. The van der Waals surface area contributed by atoms with Crippen molar-refractivity contribution in [2.24, 2.45) is 5.41 Å². The van der Waals surface area contributed by atoms with Gasteiger partial charge in [-0.05, 0) is 0 Å². The fourth-order valence-electron chi connectivity index (χ4n) is 1.37. The lowest BCUT2D eigenvalue weighted by atomic mass is 9.88. The Bertz CT molecular complexity index is 212. The molecular weight excluding hydrogens is 172 g/mol. The van der Waals surface area contributed by atoms with Crippen molar-refractivity contribution < 1.29 is 19.0 Å². The number of hydrogen-bond donors (Lipinski definition) is 0. The molecular formula is C9H14O4. The van der Waals surface area contributed by atoms with Crippen molar-refractivity contribution in [3.8, 4) is 0 Å². The number of carbonyl (C=O) groups is 1. The van der Waals surface area contributed by atoms with Crippen LogP contribution in [0, 0.1) is 5.41 Å². The zero-order valence-corrected chi connectivity index (χ0v) is 7.91. The first-order chi connectivity index (χ1) is 6.25. The van der Waals surface area contributed by atoms with Crippen LogP contribution in [0.4, 0.5) is 0 Å². The van der Waals surface area contributed by atoms with E-state index in [9.17, 15) is 4.79 Å². The molecule has 0 aromatic carbocycles. The van der Waals surface area contributed by atoms with Crippen LogP contribution < -0.4 is 0 Å². The maximum atomic E-state index is 11.4. The van der Waals surface area contributed by atoms with Gasteiger partial charge in [0.05, 0.1) is 26.9 Å². The molecule has 0 amide bonds. The van der Waals surface area contributed by atoms with Gasteiger partial charge in [0.15, 0.2) is 0 Å². The van der Waals surface area contributed by atoms with Crippen molar-refractivity contribution in [3.05, 3.63) is 12.2 Å². The van der Waals surface area contributed by atoms with Gasteiger partial charge in [-0.1, -0.05) is 12.2 Å². The highest BCUT2D eigenvalue weighted by atomic mass is 16.5. The largest absolute Gasteiger partial charge is 0.468 e. The highest BCUT2D eigenvalue weighted by Crippen LogP contribution is 2.25. The van der Waals surface area contributed by atoms with Crippen molar-refractivity contribution >= 4 is 5.97 Å². The van der Waals surface area contributed by atoms with Gasteiger partial charge in [-0.3, -0.25) is 4.79 Å². The van der Waals surface area contributed by atoms with Crippen molar-refractivity contribution in [2.45, 2.75) is 0 Å². The number of carbonyl (C=O) groups excluding carboxylic acids is 1. The van der Waals surface area contributed by atoms with Gasteiger partial charge >= 0.3 is 5.97 Å². The van der Waals surface area contributed by atoms with E-state index in [1.165, 1.54) is 7.11 Å². The normalized spacial score (nSPS) is 27.2. The molecule has 1 atom stereocenters. The summed E-state index contributed by atoms with van der Waals surface area (Å²) in [6, 6.07) is 0. The summed E-state index contributed by atoms with van der Waals surface area (Å²) in [6.45, 7) is 1.16. The lowest BCUT2D eigenvalue weighted by Crippen LogP contribution is -2.41. The van der Waals surface area contributed by atoms with Crippen LogP contribution in [0.5, 0.6) is 0 Å². The van der Waals surface area contributed by atoms with Crippen LogP contribution >= 0.6 is 0 Å². The second-order valence-electron chi connectivity index (χ2n) is 3.00. The molecule has 1 aliphatic heterocycles. The highest BCUT2D eigenvalue weighted by molar-refractivity contribution is 5.79. The SMILES string of the molecule is COCC1(C(=O)OC)C=CCOC1. The van der Waals surface area contributed by atoms with Crippen LogP contribution in [-0.2, 0) is 19.0 Å². The number of hydrogen-bond acceptors (Lipinski definition) is 4. The van der Waals surface area contributed by atoms with E-state index in [2.05, 4.69) is 0 Å². The minimum atomic E-state index is -0.748. The maximum Gasteiger partial charge on any atom is 0.320 e. The number of ether oxygens (including phenoxy) is 3. The van der Waals surface area contributed by atoms with Crippen molar-refractivity contribution in [1.82, 2.24) is 0 Å². The van der Waals surface area contributed by atoms with E-state index in [0.29, 0.717) is 13.2 Å². The summed E-state index contributed by atoms with van der Waals surface area (Å²) in [4.78, 5) is 11.4. The average Bonchev–Trinajstić information content (AvgIpc) is 2.18. The second kappa shape index (κ2) is 4.39. The summed E-state index contributed by atoms with van der Waals surface area (Å²) in [5, 5.41) is 0. The minimum Gasteiger partial charge on any atom is -0.468 e. The van der Waals surface area contributed by atoms with Gasteiger partial charge in [0.25, 0.3) is 0 Å². The monoisotopic (exact) mass is 186 g/mol. The van der Waals surface area contributed by atoms with Gasteiger partial charge < -0.3 is 14.2 Å². The molecule has 0 fully saturated rings. The first kappa shape index (κ1) is 10.2. The average molecular weight is 186 g/mol. The standard InChI is InChI=1S/C9H14O4/c1-11-6-9(8(10)12-2)4-3-5-13-7-9/h3-4H,5-7H2,1-2H3. The van der Waals surface area contributed by atoms with E-state index < -0.39 is 5.41 Å². The molecule has 74 valence electrons. The number of rotatable bonds is 3. The predicted octanol–water partition coefficient (Wildman–Crippen LogP) is 0.379. The fourth-order valence-corrected chi connectivity index (χ4v) is 1.37. The van der Waals surface area contributed by atoms with E-state index in [-0.39, 0.29) is 12.6 Å². The highest BCUT2D eigenvalue weighted by Gasteiger charge is 2.39. The number of methoxy groups -OCH3 is 2. The van der Waals surface area contributed by atoms with E-state index in [1.54, 1.807) is 19.3 Å². The molecule has 1 aliphatic rings. The third-order valence-electron chi connectivity index (χ3n) is 2.00. The Labute approximate surface area is 77.5 Å². The third-order valence-corrected chi connectivity index (χ3v) is 2.00. The van der Waals surface area contributed by atoms with Gasteiger partial charge in [0, 0.05) is 7.11 Å². The van der Waals surface area contributed by atoms with Crippen LogP contribution in [0.1, 0.15) is 0 Å². The molecule has 0 radical (unpaired) electrons. The lowest BCUT2D eigenvalue weighted by molar-refractivity contribution is -0.157. The van der Waals surface area contributed by atoms with Gasteiger partial charge in [0.1, 0.15) is 5.41 Å². The van der Waals surface area contributed by atoms with Gasteiger partial charge in [-0.15, -0.1) is 0 Å². The Hall–Kier alpha value is -0.870. The summed E-state index contributed by atoms with van der Waals surface area (Å²) in [6.07, 6.45) is 3.60. The second-order valence-corrected chi connectivity index (χ2v) is 3.00. The Morgan fingerprint density at radius 3 is 2.85 bits per heavy atom. The van der Waals surface area contributed by atoms with Crippen LogP contribution in [0.25, 0.3) is 0 Å². The quantitative estimate of drug-likeness (QED) is 0.472. The summed E-state index contributed by atoms with van der Waals surface area (Å²) >= 11 is 0. The maximum absolute atomic E-state index is 11.4. The summed E-state index contributed by atoms with van der Waals surface area (Å²) < 4.78 is 14.9. The summed E-state index contributed by atoms with van der Waals surface area (Å²) in [5.74, 6) is -0.315. The number of esters is 1. The van der Waals surface area contributed by atoms with Crippen LogP contribution in [-0.4, -0.2) is 40.0 Å². The molecule has 1 unspecified atom stereocenters. The Balaban J connectivity index is 2.79. The van der Waals surface area contributed by atoms with Gasteiger partial charge in [-0.2, -0.15) is 0 Å². The molecule has 0 N–H and O–H groups in total. The van der Waals surface area contributed by atoms with Gasteiger partial charge in [0.2, 0.25) is 0 Å². The topological polar surface area (TPSA) is 44.8 Å². The molecule has 0 aliphatic carbocycles. The van der Waals surface area contributed by atoms with E-state index >= 15 is 0 Å². The molecule has 0 aromatic heterocycles. The molecule has 13 heavy (non-hydrogen) atoms. The molecule has 1 heterocycles. The smallest absolute Gasteiger partial charge is 0.320 e. The first-order valence-electron chi connectivity index (χ1n) is 4.08. The molecule has 4 nitrogen and oxygen atoms in total.